The number of rotatable bonds is 6. The first-order valence-corrected chi connectivity index (χ1v) is 8.16. The van der Waals surface area contributed by atoms with Crippen LogP contribution < -0.4 is 5.32 Å². The van der Waals surface area contributed by atoms with Crippen molar-refractivity contribution >= 4 is 17.8 Å². The standard InChI is InChI=1S/C17H24N2O5/c1-4-12-11(15(21)22)9-13(24-12)14(20)18-10-17(7-5-6-8-17)16(23)19(2)3/h9H,4-8,10H2,1-3H3,(H,18,20)(H,21,22). The van der Waals surface area contributed by atoms with E-state index in [1.807, 2.05) is 0 Å². The average molecular weight is 336 g/mol. The second-order valence-corrected chi connectivity index (χ2v) is 6.48. The van der Waals surface area contributed by atoms with Crippen molar-refractivity contribution in [3.05, 3.63) is 23.2 Å². The summed E-state index contributed by atoms with van der Waals surface area (Å²) in [7, 11) is 3.42. The van der Waals surface area contributed by atoms with Crippen molar-refractivity contribution in [3.8, 4) is 0 Å². The van der Waals surface area contributed by atoms with E-state index in [1.54, 1.807) is 25.9 Å². The van der Waals surface area contributed by atoms with Crippen molar-refractivity contribution in [1.82, 2.24) is 10.2 Å². The van der Waals surface area contributed by atoms with Crippen LogP contribution in [0.25, 0.3) is 0 Å². The molecule has 1 fully saturated rings. The van der Waals surface area contributed by atoms with Gasteiger partial charge in [-0.15, -0.1) is 0 Å². The zero-order valence-electron chi connectivity index (χ0n) is 14.3. The second-order valence-electron chi connectivity index (χ2n) is 6.48. The van der Waals surface area contributed by atoms with Crippen LogP contribution in [0.2, 0.25) is 0 Å². The summed E-state index contributed by atoms with van der Waals surface area (Å²) >= 11 is 0. The summed E-state index contributed by atoms with van der Waals surface area (Å²) in [6.07, 6.45) is 3.78. The van der Waals surface area contributed by atoms with Crippen molar-refractivity contribution < 1.29 is 23.9 Å². The van der Waals surface area contributed by atoms with Crippen LogP contribution in [0.5, 0.6) is 0 Å². The highest BCUT2D eigenvalue weighted by Crippen LogP contribution is 2.39. The van der Waals surface area contributed by atoms with E-state index in [0.717, 1.165) is 25.7 Å². The largest absolute Gasteiger partial charge is 0.478 e. The summed E-state index contributed by atoms with van der Waals surface area (Å²) in [6, 6.07) is 1.24. The minimum Gasteiger partial charge on any atom is -0.478 e. The number of nitrogens with zero attached hydrogens (tertiary/aromatic N) is 1. The molecule has 0 aliphatic heterocycles. The van der Waals surface area contributed by atoms with Crippen LogP contribution >= 0.6 is 0 Å². The Morgan fingerprint density at radius 2 is 1.92 bits per heavy atom. The third-order valence-electron chi connectivity index (χ3n) is 4.59. The van der Waals surface area contributed by atoms with Gasteiger partial charge in [0.1, 0.15) is 11.3 Å². The third-order valence-corrected chi connectivity index (χ3v) is 4.59. The van der Waals surface area contributed by atoms with Crippen molar-refractivity contribution in [2.75, 3.05) is 20.6 Å². The van der Waals surface area contributed by atoms with Crippen LogP contribution in [-0.2, 0) is 11.2 Å². The maximum atomic E-state index is 12.5. The van der Waals surface area contributed by atoms with Crippen molar-refractivity contribution in [3.63, 3.8) is 0 Å². The Kier molecular flexibility index (Phi) is 5.31. The van der Waals surface area contributed by atoms with Crippen LogP contribution in [-0.4, -0.2) is 48.4 Å². The van der Waals surface area contributed by atoms with E-state index < -0.39 is 17.3 Å². The van der Waals surface area contributed by atoms with E-state index in [2.05, 4.69) is 5.32 Å². The highest BCUT2D eigenvalue weighted by Gasteiger charge is 2.42. The lowest BCUT2D eigenvalue weighted by atomic mass is 9.84. The number of hydrogen-bond acceptors (Lipinski definition) is 4. The SMILES string of the molecule is CCc1oc(C(=O)NCC2(C(=O)N(C)C)CCCC2)cc1C(=O)O. The molecular formula is C17H24N2O5. The zero-order chi connectivity index (χ0) is 17.9. The molecule has 132 valence electrons. The van der Waals surface area contributed by atoms with Crippen LogP contribution in [0.15, 0.2) is 10.5 Å². The molecule has 0 radical (unpaired) electrons. The van der Waals surface area contributed by atoms with Gasteiger partial charge >= 0.3 is 5.97 Å². The van der Waals surface area contributed by atoms with Gasteiger partial charge in [0, 0.05) is 33.1 Å². The van der Waals surface area contributed by atoms with E-state index in [4.69, 9.17) is 9.52 Å². The smallest absolute Gasteiger partial charge is 0.339 e. The molecule has 2 rings (SSSR count). The molecule has 0 bridgehead atoms. The van der Waals surface area contributed by atoms with Gasteiger partial charge in [-0.2, -0.15) is 0 Å². The van der Waals surface area contributed by atoms with Crippen LogP contribution in [0.3, 0.4) is 0 Å². The van der Waals surface area contributed by atoms with Gasteiger partial charge in [0.05, 0.1) is 5.41 Å². The van der Waals surface area contributed by atoms with Gasteiger partial charge in [0.2, 0.25) is 5.91 Å². The number of carboxylic acid groups (broad SMARTS) is 1. The molecule has 0 spiro atoms. The summed E-state index contributed by atoms with van der Waals surface area (Å²) in [5.41, 5.74) is -0.572. The number of aromatic carboxylic acids is 1. The summed E-state index contributed by atoms with van der Waals surface area (Å²) in [4.78, 5) is 37.5. The first kappa shape index (κ1) is 18.0. The van der Waals surface area contributed by atoms with Gasteiger partial charge in [-0.3, -0.25) is 9.59 Å². The summed E-state index contributed by atoms with van der Waals surface area (Å²) in [6.45, 7) is 1.99. The number of aryl methyl sites for hydroxylation is 1. The number of amides is 2. The Bertz CT molecular complexity index is 641. The molecule has 7 heteroatoms. The predicted molar refractivity (Wildman–Crippen MR) is 87.0 cm³/mol. The Morgan fingerprint density at radius 1 is 1.29 bits per heavy atom. The quantitative estimate of drug-likeness (QED) is 0.827. The highest BCUT2D eigenvalue weighted by molar-refractivity contribution is 5.96. The monoisotopic (exact) mass is 336 g/mol. The molecule has 1 heterocycles. The number of furan rings is 1. The Morgan fingerprint density at radius 3 is 2.38 bits per heavy atom. The normalized spacial score (nSPS) is 16.0. The fourth-order valence-corrected chi connectivity index (χ4v) is 3.31. The van der Waals surface area contributed by atoms with Crippen molar-refractivity contribution in [2.45, 2.75) is 39.0 Å². The molecule has 0 atom stereocenters. The Labute approximate surface area is 141 Å². The van der Waals surface area contributed by atoms with Crippen LogP contribution in [0.4, 0.5) is 0 Å². The fraction of sp³-hybridized carbons (Fsp3) is 0.588. The third kappa shape index (κ3) is 3.44. The van der Waals surface area contributed by atoms with Crippen LogP contribution in [0, 0.1) is 5.41 Å². The lowest BCUT2D eigenvalue weighted by Crippen LogP contribution is -2.46. The molecule has 2 amide bonds. The van der Waals surface area contributed by atoms with Gasteiger partial charge in [-0.1, -0.05) is 19.8 Å². The lowest BCUT2D eigenvalue weighted by molar-refractivity contribution is -0.138. The molecule has 24 heavy (non-hydrogen) atoms. The van der Waals surface area contributed by atoms with E-state index in [-0.39, 0.29) is 29.5 Å². The topological polar surface area (TPSA) is 99.9 Å². The molecule has 0 unspecified atom stereocenters. The Hall–Kier alpha value is -2.31. The average Bonchev–Trinajstić information content (AvgIpc) is 3.19. The minimum atomic E-state index is -1.12. The van der Waals surface area contributed by atoms with Crippen molar-refractivity contribution in [1.29, 1.82) is 0 Å². The first-order valence-electron chi connectivity index (χ1n) is 8.16. The van der Waals surface area contributed by atoms with E-state index >= 15 is 0 Å². The molecule has 1 aromatic heterocycles. The number of nitrogens with one attached hydrogen (secondary N) is 1. The maximum Gasteiger partial charge on any atom is 0.339 e. The summed E-state index contributed by atoms with van der Waals surface area (Å²) < 4.78 is 5.35. The van der Waals surface area contributed by atoms with Gasteiger partial charge in [0.15, 0.2) is 5.76 Å². The fourth-order valence-electron chi connectivity index (χ4n) is 3.31. The van der Waals surface area contributed by atoms with Crippen molar-refractivity contribution in [2.24, 2.45) is 5.41 Å². The molecular weight excluding hydrogens is 312 g/mol. The number of carboxylic acids is 1. The molecule has 0 aromatic carbocycles. The maximum absolute atomic E-state index is 12.5. The van der Waals surface area contributed by atoms with E-state index in [9.17, 15) is 14.4 Å². The predicted octanol–water partition coefficient (Wildman–Crippen LogP) is 1.92. The highest BCUT2D eigenvalue weighted by atomic mass is 16.4. The number of hydrogen-bond donors (Lipinski definition) is 2. The molecule has 0 saturated heterocycles. The van der Waals surface area contributed by atoms with Gasteiger partial charge in [-0.25, -0.2) is 4.79 Å². The van der Waals surface area contributed by atoms with Gasteiger partial charge < -0.3 is 19.7 Å². The molecule has 1 aliphatic carbocycles. The van der Waals surface area contributed by atoms with Crippen LogP contribution in [0.1, 0.15) is 59.3 Å². The molecule has 2 N–H and O–H groups in total. The summed E-state index contributed by atoms with van der Waals surface area (Å²) in [5, 5.41) is 11.9. The number of carbonyl (C=O) groups excluding carboxylic acids is 2. The molecule has 7 nitrogen and oxygen atoms in total. The molecule has 1 aromatic rings. The van der Waals surface area contributed by atoms with E-state index in [0.29, 0.717) is 6.42 Å². The zero-order valence-corrected chi connectivity index (χ0v) is 14.3. The second kappa shape index (κ2) is 7.07. The van der Waals surface area contributed by atoms with E-state index in [1.165, 1.54) is 6.07 Å². The first-order chi connectivity index (χ1) is 11.3. The molecule has 1 saturated carbocycles. The van der Waals surface area contributed by atoms with Gasteiger partial charge in [-0.05, 0) is 12.8 Å². The molecule has 1 aliphatic rings. The Balaban J connectivity index is 2.12. The lowest BCUT2D eigenvalue weighted by Gasteiger charge is -2.30. The summed E-state index contributed by atoms with van der Waals surface area (Å²) in [5.74, 6) is -1.36. The number of carbonyl (C=O) groups is 3. The minimum absolute atomic E-state index is 0.00241. The van der Waals surface area contributed by atoms with Gasteiger partial charge in [0.25, 0.3) is 5.91 Å².